The van der Waals surface area contributed by atoms with Crippen LogP contribution in [0.25, 0.3) is 22.3 Å². The molecule has 4 heteroatoms. The minimum Gasteiger partial charge on any atom is -0.399 e. The van der Waals surface area contributed by atoms with Crippen molar-refractivity contribution in [3.63, 3.8) is 0 Å². The highest BCUT2D eigenvalue weighted by Crippen LogP contribution is 2.58. The number of nitrogens with zero attached hydrogens (tertiary/aromatic N) is 1. The van der Waals surface area contributed by atoms with Gasteiger partial charge in [0.25, 0.3) is 0 Å². The molecule has 0 atom stereocenters. The van der Waals surface area contributed by atoms with Crippen molar-refractivity contribution in [3.8, 4) is 28.3 Å². The Morgan fingerprint density at radius 1 is 0.743 bits per heavy atom. The standard InChI is InChI=1S/C31H32BNO2/c1-29(2)30(3,4)35-32(34-29)27-14-7-6-11-22(27)23-12-10-13-25-28(23)24-16-15-21(20-33)19-26(24)31(25)17-8-5-9-18-31/h6-7,10-16,19H,5,8-9,17-18H2,1-4H3. The Morgan fingerprint density at radius 3 is 2.14 bits per heavy atom. The normalized spacial score (nSPS) is 20.9. The number of fused-ring (bicyclic) bond motifs is 5. The van der Waals surface area contributed by atoms with E-state index < -0.39 is 18.3 Å². The number of benzene rings is 3. The first kappa shape index (κ1) is 22.6. The van der Waals surface area contributed by atoms with Gasteiger partial charge in [0.05, 0.1) is 22.8 Å². The molecule has 0 bridgehead atoms. The molecule has 35 heavy (non-hydrogen) atoms. The van der Waals surface area contributed by atoms with Gasteiger partial charge in [-0.15, -0.1) is 0 Å². The molecule has 1 saturated carbocycles. The van der Waals surface area contributed by atoms with Crippen LogP contribution in [-0.2, 0) is 14.7 Å². The first-order valence-electron chi connectivity index (χ1n) is 12.9. The Kier molecular flexibility index (Phi) is 5.05. The highest BCUT2D eigenvalue weighted by molar-refractivity contribution is 6.64. The molecular weight excluding hydrogens is 429 g/mol. The van der Waals surface area contributed by atoms with Crippen LogP contribution >= 0.6 is 0 Å². The monoisotopic (exact) mass is 461 g/mol. The Labute approximate surface area is 209 Å². The molecule has 2 fully saturated rings. The molecule has 176 valence electrons. The molecule has 3 aliphatic rings. The molecule has 0 aromatic heterocycles. The summed E-state index contributed by atoms with van der Waals surface area (Å²) in [5.74, 6) is 0. The van der Waals surface area contributed by atoms with Gasteiger partial charge in [0, 0.05) is 5.41 Å². The van der Waals surface area contributed by atoms with E-state index in [1.165, 1.54) is 47.1 Å². The summed E-state index contributed by atoms with van der Waals surface area (Å²) in [6, 6.07) is 24.0. The zero-order chi connectivity index (χ0) is 24.4. The summed E-state index contributed by atoms with van der Waals surface area (Å²) in [6.45, 7) is 8.41. The molecule has 2 aliphatic carbocycles. The van der Waals surface area contributed by atoms with Gasteiger partial charge in [-0.25, -0.2) is 0 Å². The van der Waals surface area contributed by atoms with Gasteiger partial charge in [-0.3, -0.25) is 0 Å². The van der Waals surface area contributed by atoms with Gasteiger partial charge in [0.1, 0.15) is 0 Å². The third-order valence-electron chi connectivity index (χ3n) is 8.98. The van der Waals surface area contributed by atoms with E-state index in [2.05, 4.69) is 88.4 Å². The maximum atomic E-state index is 9.67. The second-order valence-corrected chi connectivity index (χ2v) is 11.4. The van der Waals surface area contributed by atoms with Crippen LogP contribution in [-0.4, -0.2) is 18.3 Å². The molecule has 0 N–H and O–H groups in total. The summed E-state index contributed by atoms with van der Waals surface area (Å²) in [5, 5.41) is 9.67. The van der Waals surface area contributed by atoms with Crippen LogP contribution in [0.3, 0.4) is 0 Å². The van der Waals surface area contributed by atoms with Crippen LogP contribution in [0.4, 0.5) is 0 Å². The lowest BCUT2D eigenvalue weighted by atomic mass is 9.67. The molecule has 0 radical (unpaired) electrons. The molecular formula is C31H32BNO2. The molecule has 3 aromatic carbocycles. The third kappa shape index (κ3) is 3.25. The predicted octanol–water partition coefficient (Wildman–Crippen LogP) is 6.76. The molecule has 1 aliphatic heterocycles. The minimum atomic E-state index is -0.419. The van der Waals surface area contributed by atoms with Crippen molar-refractivity contribution in [2.75, 3.05) is 0 Å². The summed E-state index contributed by atoms with van der Waals surface area (Å²) in [7, 11) is -0.419. The van der Waals surface area contributed by atoms with Crippen LogP contribution in [0.1, 0.15) is 76.5 Å². The lowest BCUT2D eigenvalue weighted by Gasteiger charge is -2.36. The summed E-state index contributed by atoms with van der Waals surface area (Å²) in [5.41, 5.74) is 8.78. The zero-order valence-electron chi connectivity index (χ0n) is 21.2. The first-order valence-corrected chi connectivity index (χ1v) is 12.9. The second kappa shape index (κ2) is 7.82. The number of hydrogen-bond acceptors (Lipinski definition) is 3. The average molecular weight is 461 g/mol. The Balaban J connectivity index is 1.56. The van der Waals surface area contributed by atoms with E-state index in [9.17, 15) is 5.26 Å². The molecule has 1 heterocycles. The maximum Gasteiger partial charge on any atom is 0.495 e. The van der Waals surface area contributed by atoms with Gasteiger partial charge in [0.15, 0.2) is 0 Å². The van der Waals surface area contributed by atoms with E-state index in [1.807, 2.05) is 6.07 Å². The van der Waals surface area contributed by atoms with Gasteiger partial charge in [-0.1, -0.05) is 67.8 Å². The summed E-state index contributed by atoms with van der Waals surface area (Å²) >= 11 is 0. The van der Waals surface area contributed by atoms with E-state index in [1.54, 1.807) is 0 Å². The van der Waals surface area contributed by atoms with Crippen molar-refractivity contribution in [2.24, 2.45) is 0 Å². The van der Waals surface area contributed by atoms with Crippen molar-refractivity contribution < 1.29 is 9.31 Å². The molecule has 6 rings (SSSR count). The van der Waals surface area contributed by atoms with Gasteiger partial charge >= 0.3 is 7.12 Å². The van der Waals surface area contributed by atoms with Crippen LogP contribution < -0.4 is 5.46 Å². The zero-order valence-corrected chi connectivity index (χ0v) is 21.2. The van der Waals surface area contributed by atoms with E-state index in [4.69, 9.17) is 9.31 Å². The summed E-state index contributed by atoms with van der Waals surface area (Å²) in [6.07, 6.45) is 6.03. The molecule has 1 spiro atoms. The van der Waals surface area contributed by atoms with E-state index in [0.717, 1.165) is 29.4 Å². The fraction of sp³-hybridized carbons (Fsp3) is 0.387. The van der Waals surface area contributed by atoms with Gasteiger partial charge in [-0.05, 0) is 91.5 Å². The summed E-state index contributed by atoms with van der Waals surface area (Å²) < 4.78 is 13.0. The Morgan fingerprint density at radius 2 is 1.43 bits per heavy atom. The van der Waals surface area contributed by atoms with Crippen molar-refractivity contribution in [1.29, 1.82) is 5.26 Å². The lowest BCUT2D eigenvalue weighted by Crippen LogP contribution is -2.41. The van der Waals surface area contributed by atoms with Crippen molar-refractivity contribution in [3.05, 3.63) is 77.4 Å². The van der Waals surface area contributed by atoms with Crippen LogP contribution in [0, 0.1) is 11.3 Å². The molecule has 1 saturated heterocycles. The highest BCUT2D eigenvalue weighted by Gasteiger charge is 2.52. The quantitative estimate of drug-likeness (QED) is 0.396. The number of hydrogen-bond donors (Lipinski definition) is 0. The van der Waals surface area contributed by atoms with Gasteiger partial charge in [-0.2, -0.15) is 5.26 Å². The molecule has 3 nitrogen and oxygen atoms in total. The average Bonchev–Trinajstić information content (AvgIpc) is 3.25. The largest absolute Gasteiger partial charge is 0.495 e. The topological polar surface area (TPSA) is 42.2 Å². The fourth-order valence-corrected chi connectivity index (χ4v) is 6.45. The SMILES string of the molecule is CC1(C)OB(c2ccccc2-c2cccc3c2-c2ccc(C#N)cc2C32CCCCC2)OC1(C)C. The number of rotatable bonds is 2. The van der Waals surface area contributed by atoms with Crippen LogP contribution in [0.2, 0.25) is 0 Å². The molecule has 3 aromatic rings. The van der Waals surface area contributed by atoms with Gasteiger partial charge < -0.3 is 9.31 Å². The smallest absolute Gasteiger partial charge is 0.399 e. The van der Waals surface area contributed by atoms with E-state index in [-0.39, 0.29) is 5.41 Å². The first-order chi connectivity index (χ1) is 16.8. The highest BCUT2D eigenvalue weighted by atomic mass is 16.7. The fourth-order valence-electron chi connectivity index (χ4n) is 6.45. The minimum absolute atomic E-state index is 0.00503. The Bertz CT molecular complexity index is 1340. The van der Waals surface area contributed by atoms with Crippen molar-refractivity contribution in [1.82, 2.24) is 0 Å². The molecule has 0 unspecified atom stereocenters. The van der Waals surface area contributed by atoms with Crippen LogP contribution in [0.15, 0.2) is 60.7 Å². The van der Waals surface area contributed by atoms with E-state index >= 15 is 0 Å². The van der Waals surface area contributed by atoms with Gasteiger partial charge in [0.2, 0.25) is 0 Å². The second-order valence-electron chi connectivity index (χ2n) is 11.4. The lowest BCUT2D eigenvalue weighted by molar-refractivity contribution is 0.00578. The summed E-state index contributed by atoms with van der Waals surface area (Å²) in [4.78, 5) is 0. The van der Waals surface area contributed by atoms with Crippen molar-refractivity contribution in [2.45, 2.75) is 76.4 Å². The maximum absolute atomic E-state index is 9.67. The Hall–Kier alpha value is -2.87. The van der Waals surface area contributed by atoms with E-state index in [0.29, 0.717) is 0 Å². The van der Waals surface area contributed by atoms with Crippen LogP contribution in [0.5, 0.6) is 0 Å². The third-order valence-corrected chi connectivity index (χ3v) is 8.98. The number of nitriles is 1. The van der Waals surface area contributed by atoms with Crippen molar-refractivity contribution >= 4 is 12.6 Å². The molecule has 0 amide bonds. The predicted molar refractivity (Wildman–Crippen MR) is 142 cm³/mol.